The predicted octanol–water partition coefficient (Wildman–Crippen LogP) is 4.31. The summed E-state index contributed by atoms with van der Waals surface area (Å²) in [6, 6.07) is 13.1. The van der Waals surface area contributed by atoms with Gasteiger partial charge in [0, 0.05) is 16.0 Å². The maximum absolute atomic E-state index is 12.8. The number of carbonyl (C=O) groups excluding carboxylic acids is 1. The number of anilines is 1. The Kier molecular flexibility index (Phi) is 6.47. The van der Waals surface area contributed by atoms with E-state index in [0.29, 0.717) is 10.2 Å². The van der Waals surface area contributed by atoms with Crippen LogP contribution in [0.1, 0.15) is 30.5 Å². The van der Waals surface area contributed by atoms with Crippen LogP contribution in [0.5, 0.6) is 0 Å². The molecular formula is C23H25ClN2O3S2. The van der Waals surface area contributed by atoms with E-state index in [4.69, 9.17) is 11.6 Å². The average Bonchev–Trinajstić information content (AvgIpc) is 3.19. The van der Waals surface area contributed by atoms with E-state index in [1.807, 2.05) is 23.1 Å². The lowest BCUT2D eigenvalue weighted by molar-refractivity contribution is -0.117. The minimum absolute atomic E-state index is 0.0935. The first-order valence-corrected chi connectivity index (χ1v) is 13.5. The Balaban J connectivity index is 1.73. The van der Waals surface area contributed by atoms with E-state index >= 15 is 0 Å². The normalized spacial score (nSPS) is 23.3. The summed E-state index contributed by atoms with van der Waals surface area (Å²) >= 11 is 7.36. The summed E-state index contributed by atoms with van der Waals surface area (Å²) in [6.45, 7) is 4.18. The highest BCUT2D eigenvalue weighted by Gasteiger charge is 2.50. The number of hydrogen-bond acceptors (Lipinski definition) is 4. The maximum atomic E-state index is 12.8. The summed E-state index contributed by atoms with van der Waals surface area (Å²) < 4.78 is 24.7. The fraction of sp³-hybridized carbons (Fsp3) is 0.391. The summed E-state index contributed by atoms with van der Waals surface area (Å²) in [4.78, 5) is 19.3. The second kappa shape index (κ2) is 8.96. The van der Waals surface area contributed by atoms with E-state index in [0.717, 1.165) is 35.2 Å². The van der Waals surface area contributed by atoms with E-state index in [1.54, 1.807) is 12.1 Å². The van der Waals surface area contributed by atoms with Crippen LogP contribution in [0.3, 0.4) is 0 Å². The molecule has 0 N–H and O–H groups in total. The molecule has 0 aliphatic carbocycles. The Hall–Kier alpha value is -1.83. The van der Waals surface area contributed by atoms with Gasteiger partial charge in [0.15, 0.2) is 15.0 Å². The number of fused-ring (bicyclic) bond motifs is 1. The fourth-order valence-corrected chi connectivity index (χ4v) is 8.32. The van der Waals surface area contributed by atoms with Gasteiger partial charge in [0.05, 0.1) is 24.0 Å². The van der Waals surface area contributed by atoms with Gasteiger partial charge in [0.2, 0.25) is 0 Å². The van der Waals surface area contributed by atoms with Gasteiger partial charge in [-0.3, -0.25) is 4.79 Å². The molecule has 2 aromatic carbocycles. The fourth-order valence-electron chi connectivity index (χ4n) is 4.27. The number of sulfone groups is 1. The molecule has 31 heavy (non-hydrogen) atoms. The van der Waals surface area contributed by atoms with Crippen molar-refractivity contribution in [2.24, 2.45) is 4.99 Å². The molecule has 0 bridgehead atoms. The predicted molar refractivity (Wildman–Crippen MR) is 129 cm³/mol. The Morgan fingerprint density at radius 2 is 1.74 bits per heavy atom. The molecule has 0 radical (unpaired) electrons. The molecule has 0 aromatic heterocycles. The summed E-state index contributed by atoms with van der Waals surface area (Å²) in [7, 11) is -3.11. The number of hydrogen-bond donors (Lipinski definition) is 0. The van der Waals surface area contributed by atoms with Crippen LogP contribution in [0.2, 0.25) is 5.02 Å². The molecule has 2 aromatic rings. The maximum Gasteiger partial charge on any atom is 0.252 e. The van der Waals surface area contributed by atoms with Crippen molar-refractivity contribution in [1.82, 2.24) is 0 Å². The molecule has 5 nitrogen and oxygen atoms in total. The summed E-state index contributed by atoms with van der Waals surface area (Å²) in [5, 5.41) is 1.12. The van der Waals surface area contributed by atoms with Crippen LogP contribution < -0.4 is 4.90 Å². The molecule has 2 atom stereocenters. The number of aliphatic imine (C=N–C) groups is 1. The van der Waals surface area contributed by atoms with Gasteiger partial charge in [-0.1, -0.05) is 67.5 Å². The monoisotopic (exact) mass is 476 g/mol. The Morgan fingerprint density at radius 3 is 2.35 bits per heavy atom. The number of amides is 1. The lowest BCUT2D eigenvalue weighted by Gasteiger charge is -2.29. The number of thioether (sulfide) groups is 1. The summed E-state index contributed by atoms with van der Waals surface area (Å²) in [5.74, 6) is -0.0282. The summed E-state index contributed by atoms with van der Waals surface area (Å²) in [6.07, 6.45) is 1.82. The first kappa shape index (κ1) is 22.4. The van der Waals surface area contributed by atoms with Gasteiger partial charge in [0.25, 0.3) is 5.91 Å². The molecule has 0 unspecified atom stereocenters. The molecule has 2 saturated heterocycles. The first-order chi connectivity index (χ1) is 14.8. The van der Waals surface area contributed by atoms with Crippen molar-refractivity contribution in [3.63, 3.8) is 0 Å². The van der Waals surface area contributed by atoms with Crippen LogP contribution in [0.25, 0.3) is 0 Å². The molecule has 0 saturated carbocycles. The average molecular weight is 477 g/mol. The quantitative estimate of drug-likeness (QED) is 0.643. The molecule has 0 spiro atoms. The number of benzene rings is 2. The molecule has 8 heteroatoms. The van der Waals surface area contributed by atoms with Gasteiger partial charge >= 0.3 is 0 Å². The third-order valence-corrected chi connectivity index (χ3v) is 9.22. The number of para-hydroxylation sites is 1. The smallest absolute Gasteiger partial charge is 0.252 e. The van der Waals surface area contributed by atoms with Gasteiger partial charge < -0.3 is 4.90 Å². The topological polar surface area (TPSA) is 66.8 Å². The van der Waals surface area contributed by atoms with Crippen molar-refractivity contribution in [2.45, 2.75) is 44.4 Å². The number of aryl methyl sites for hydroxylation is 2. The number of amidine groups is 1. The molecule has 4 rings (SSSR count). The second-order valence-corrected chi connectivity index (χ2v) is 11.7. The Labute approximate surface area is 192 Å². The largest absolute Gasteiger partial charge is 0.315 e. The van der Waals surface area contributed by atoms with Crippen molar-refractivity contribution < 1.29 is 13.2 Å². The third-order valence-electron chi connectivity index (χ3n) is 5.76. The molecule has 2 aliphatic rings. The van der Waals surface area contributed by atoms with Crippen LogP contribution in [0, 0.1) is 0 Å². The van der Waals surface area contributed by atoms with Crippen LogP contribution in [0.4, 0.5) is 5.69 Å². The van der Waals surface area contributed by atoms with Crippen molar-refractivity contribution >= 4 is 50.0 Å². The SMILES string of the molecule is CCc1cccc(CC)c1N1C(=NC(=O)Cc2ccc(Cl)cc2)S[C@@H]2CS(=O)(=O)C[C@@H]21. The van der Waals surface area contributed by atoms with Crippen molar-refractivity contribution in [1.29, 1.82) is 0 Å². The molecule has 2 fully saturated rings. The standard InChI is InChI=1S/C23H25ClN2O3S2/c1-3-16-6-5-7-17(4-2)22(16)26-19-13-31(28,29)14-20(19)30-23(26)25-21(27)12-15-8-10-18(24)11-9-15/h5-11,19-20H,3-4,12-14H2,1-2H3/t19-,20+/m0/s1. The molecule has 164 valence electrons. The number of rotatable bonds is 5. The van der Waals surface area contributed by atoms with Crippen molar-refractivity contribution in [3.05, 3.63) is 64.2 Å². The zero-order chi connectivity index (χ0) is 22.2. The molecule has 1 amide bonds. The van der Waals surface area contributed by atoms with Crippen LogP contribution in [-0.4, -0.2) is 42.3 Å². The van der Waals surface area contributed by atoms with E-state index in [-0.39, 0.29) is 35.1 Å². The molecular weight excluding hydrogens is 452 g/mol. The Bertz CT molecular complexity index is 1110. The first-order valence-electron chi connectivity index (χ1n) is 10.4. The minimum Gasteiger partial charge on any atom is -0.315 e. The van der Waals surface area contributed by atoms with Gasteiger partial charge in [0.1, 0.15) is 0 Å². The van der Waals surface area contributed by atoms with Crippen LogP contribution >= 0.6 is 23.4 Å². The lowest BCUT2D eigenvalue weighted by Crippen LogP contribution is -2.39. The van der Waals surface area contributed by atoms with Gasteiger partial charge in [-0.2, -0.15) is 4.99 Å². The lowest BCUT2D eigenvalue weighted by atomic mass is 10.0. The number of nitrogens with zero attached hydrogens (tertiary/aromatic N) is 2. The highest BCUT2D eigenvalue weighted by molar-refractivity contribution is 8.16. The number of halogens is 1. The van der Waals surface area contributed by atoms with Crippen LogP contribution in [-0.2, 0) is 33.9 Å². The minimum atomic E-state index is -3.11. The molecule has 2 heterocycles. The van der Waals surface area contributed by atoms with E-state index in [2.05, 4.69) is 31.0 Å². The highest BCUT2D eigenvalue weighted by atomic mass is 35.5. The van der Waals surface area contributed by atoms with Gasteiger partial charge in [-0.05, 0) is 41.7 Å². The van der Waals surface area contributed by atoms with E-state index in [1.165, 1.54) is 11.8 Å². The van der Waals surface area contributed by atoms with Crippen LogP contribution in [0.15, 0.2) is 47.5 Å². The van der Waals surface area contributed by atoms with Gasteiger partial charge in [-0.15, -0.1) is 0 Å². The third kappa shape index (κ3) is 4.69. The Morgan fingerprint density at radius 1 is 1.10 bits per heavy atom. The second-order valence-electron chi connectivity index (χ2n) is 7.89. The van der Waals surface area contributed by atoms with Crippen molar-refractivity contribution in [3.8, 4) is 0 Å². The molecule has 2 aliphatic heterocycles. The van der Waals surface area contributed by atoms with E-state index in [9.17, 15) is 13.2 Å². The zero-order valence-corrected chi connectivity index (χ0v) is 19.9. The zero-order valence-electron chi connectivity index (χ0n) is 17.5. The van der Waals surface area contributed by atoms with E-state index < -0.39 is 9.84 Å². The van der Waals surface area contributed by atoms with Crippen molar-refractivity contribution in [2.75, 3.05) is 16.4 Å². The summed E-state index contributed by atoms with van der Waals surface area (Å²) in [5.41, 5.74) is 4.15. The number of carbonyl (C=O) groups is 1. The highest BCUT2D eigenvalue weighted by Crippen LogP contribution is 2.43. The van der Waals surface area contributed by atoms with Gasteiger partial charge in [-0.25, -0.2) is 8.42 Å².